The first-order valence-electron chi connectivity index (χ1n) is 7.32. The minimum atomic E-state index is -0.143. The molecule has 4 nitrogen and oxygen atoms in total. The molecular formula is C16H26N2O2. The van der Waals surface area contributed by atoms with Crippen molar-refractivity contribution in [1.82, 2.24) is 5.32 Å². The van der Waals surface area contributed by atoms with Crippen molar-refractivity contribution in [2.75, 3.05) is 31.6 Å². The molecule has 0 spiro atoms. The van der Waals surface area contributed by atoms with E-state index in [1.807, 2.05) is 0 Å². The Labute approximate surface area is 122 Å². The average molecular weight is 278 g/mol. The summed E-state index contributed by atoms with van der Waals surface area (Å²) in [5.41, 5.74) is 2.53. The number of methoxy groups -OCH3 is 1. The van der Waals surface area contributed by atoms with Crippen LogP contribution in [0.2, 0.25) is 0 Å². The Morgan fingerprint density at radius 2 is 1.85 bits per heavy atom. The van der Waals surface area contributed by atoms with Crippen LogP contribution < -0.4 is 10.2 Å². The van der Waals surface area contributed by atoms with Gasteiger partial charge in [0.05, 0.1) is 7.11 Å². The number of anilines is 1. The van der Waals surface area contributed by atoms with Crippen molar-refractivity contribution in [3.63, 3.8) is 0 Å². The minimum Gasteiger partial charge on any atom is -0.469 e. The monoisotopic (exact) mass is 278 g/mol. The van der Waals surface area contributed by atoms with Gasteiger partial charge in [0.2, 0.25) is 0 Å². The van der Waals surface area contributed by atoms with Crippen molar-refractivity contribution < 1.29 is 9.53 Å². The Kier molecular flexibility index (Phi) is 7.73. The fourth-order valence-electron chi connectivity index (χ4n) is 2.11. The lowest BCUT2D eigenvalue weighted by molar-refractivity contribution is -0.140. The van der Waals surface area contributed by atoms with E-state index in [-0.39, 0.29) is 5.97 Å². The van der Waals surface area contributed by atoms with Gasteiger partial charge in [-0.3, -0.25) is 4.79 Å². The van der Waals surface area contributed by atoms with Crippen LogP contribution in [-0.2, 0) is 16.1 Å². The van der Waals surface area contributed by atoms with E-state index in [0.29, 0.717) is 6.42 Å². The molecule has 0 aliphatic rings. The summed E-state index contributed by atoms with van der Waals surface area (Å²) in [6.07, 6.45) is 1.29. The summed E-state index contributed by atoms with van der Waals surface area (Å²) in [5.74, 6) is -0.143. The maximum atomic E-state index is 10.9. The van der Waals surface area contributed by atoms with Crippen LogP contribution in [0.3, 0.4) is 0 Å². The largest absolute Gasteiger partial charge is 0.469 e. The second-order valence-corrected chi connectivity index (χ2v) is 4.70. The molecule has 0 aliphatic heterocycles. The van der Waals surface area contributed by atoms with Gasteiger partial charge in [0.15, 0.2) is 0 Å². The molecule has 1 N–H and O–H groups in total. The van der Waals surface area contributed by atoms with Gasteiger partial charge in [-0.1, -0.05) is 12.1 Å². The number of hydrogen-bond acceptors (Lipinski definition) is 4. The molecule has 0 amide bonds. The molecule has 112 valence electrons. The highest BCUT2D eigenvalue weighted by Crippen LogP contribution is 2.14. The summed E-state index contributed by atoms with van der Waals surface area (Å²) >= 11 is 0. The zero-order chi connectivity index (χ0) is 14.8. The third-order valence-corrected chi connectivity index (χ3v) is 3.36. The van der Waals surface area contributed by atoms with Gasteiger partial charge in [-0.25, -0.2) is 0 Å². The number of hydrogen-bond donors (Lipinski definition) is 1. The van der Waals surface area contributed by atoms with Crippen LogP contribution in [0.4, 0.5) is 5.69 Å². The molecule has 0 saturated carbocycles. The number of carbonyl (C=O) groups excluding carboxylic acids is 1. The van der Waals surface area contributed by atoms with Crippen LogP contribution in [0.25, 0.3) is 0 Å². The Bertz CT molecular complexity index is 386. The number of ether oxygens (including phenoxy) is 1. The summed E-state index contributed by atoms with van der Waals surface area (Å²) in [6, 6.07) is 8.64. The molecule has 0 saturated heterocycles. The highest BCUT2D eigenvalue weighted by atomic mass is 16.5. The Morgan fingerprint density at radius 1 is 1.20 bits per heavy atom. The molecule has 0 bridgehead atoms. The maximum Gasteiger partial charge on any atom is 0.305 e. The summed E-state index contributed by atoms with van der Waals surface area (Å²) in [5, 5.41) is 3.34. The predicted octanol–water partition coefficient (Wildman–Crippen LogP) is 2.58. The van der Waals surface area contributed by atoms with E-state index in [9.17, 15) is 4.79 Å². The molecule has 0 heterocycles. The third-order valence-electron chi connectivity index (χ3n) is 3.36. The number of nitrogens with one attached hydrogen (secondary N) is 1. The number of nitrogens with zero attached hydrogens (tertiary/aromatic N) is 1. The first-order valence-corrected chi connectivity index (χ1v) is 7.32. The van der Waals surface area contributed by atoms with Gasteiger partial charge in [-0.2, -0.15) is 0 Å². The van der Waals surface area contributed by atoms with Gasteiger partial charge < -0.3 is 15.0 Å². The number of carbonyl (C=O) groups is 1. The molecule has 1 aromatic rings. The van der Waals surface area contributed by atoms with Crippen molar-refractivity contribution in [2.24, 2.45) is 0 Å². The summed E-state index contributed by atoms with van der Waals surface area (Å²) in [7, 11) is 1.42. The lowest BCUT2D eigenvalue weighted by atomic mass is 10.2. The van der Waals surface area contributed by atoms with Crippen LogP contribution in [0, 0.1) is 0 Å². The van der Waals surface area contributed by atoms with E-state index in [1.165, 1.54) is 18.4 Å². The van der Waals surface area contributed by atoms with E-state index in [2.05, 4.69) is 53.1 Å². The molecule has 0 atom stereocenters. The van der Waals surface area contributed by atoms with Crippen LogP contribution in [0.15, 0.2) is 24.3 Å². The molecular weight excluding hydrogens is 252 g/mol. The highest BCUT2D eigenvalue weighted by molar-refractivity contribution is 5.69. The molecule has 0 unspecified atom stereocenters. The van der Waals surface area contributed by atoms with Gasteiger partial charge in [-0.05, 0) is 44.5 Å². The third kappa shape index (κ3) is 5.61. The highest BCUT2D eigenvalue weighted by Gasteiger charge is 2.02. The summed E-state index contributed by atoms with van der Waals surface area (Å²) < 4.78 is 4.60. The fourth-order valence-corrected chi connectivity index (χ4v) is 2.11. The van der Waals surface area contributed by atoms with Crippen molar-refractivity contribution >= 4 is 11.7 Å². The quantitative estimate of drug-likeness (QED) is 0.557. The van der Waals surface area contributed by atoms with Crippen molar-refractivity contribution in [3.8, 4) is 0 Å². The van der Waals surface area contributed by atoms with E-state index in [0.717, 1.165) is 32.6 Å². The van der Waals surface area contributed by atoms with Crippen molar-refractivity contribution in [1.29, 1.82) is 0 Å². The summed E-state index contributed by atoms with van der Waals surface area (Å²) in [4.78, 5) is 13.3. The molecule has 0 aliphatic carbocycles. The lowest BCUT2D eigenvalue weighted by Gasteiger charge is -2.21. The van der Waals surface area contributed by atoms with Gasteiger partial charge >= 0.3 is 5.97 Å². The smallest absolute Gasteiger partial charge is 0.305 e. The van der Waals surface area contributed by atoms with Gasteiger partial charge in [-0.15, -0.1) is 0 Å². The topological polar surface area (TPSA) is 41.6 Å². The second-order valence-electron chi connectivity index (χ2n) is 4.70. The molecule has 20 heavy (non-hydrogen) atoms. The molecule has 4 heteroatoms. The molecule has 1 aromatic carbocycles. The number of esters is 1. The van der Waals surface area contributed by atoms with Gasteiger partial charge in [0.25, 0.3) is 0 Å². The predicted molar refractivity (Wildman–Crippen MR) is 83.0 cm³/mol. The van der Waals surface area contributed by atoms with Crippen LogP contribution in [0.5, 0.6) is 0 Å². The molecule has 0 fully saturated rings. The SMILES string of the molecule is CCN(CC)c1ccc(CNCCCC(=O)OC)cc1. The van der Waals surface area contributed by atoms with Crippen molar-refractivity contribution in [3.05, 3.63) is 29.8 Å². The average Bonchev–Trinajstić information content (AvgIpc) is 2.49. The number of benzene rings is 1. The maximum absolute atomic E-state index is 10.9. The Balaban J connectivity index is 2.29. The molecule has 0 radical (unpaired) electrons. The summed E-state index contributed by atoms with van der Waals surface area (Å²) in [6.45, 7) is 8.05. The van der Waals surface area contributed by atoms with Crippen LogP contribution in [0.1, 0.15) is 32.3 Å². The van der Waals surface area contributed by atoms with Gasteiger partial charge in [0.1, 0.15) is 0 Å². The molecule has 1 rings (SSSR count). The van der Waals surface area contributed by atoms with E-state index in [4.69, 9.17) is 0 Å². The van der Waals surface area contributed by atoms with Crippen LogP contribution >= 0.6 is 0 Å². The fraction of sp³-hybridized carbons (Fsp3) is 0.562. The first kappa shape index (κ1) is 16.5. The minimum absolute atomic E-state index is 0.143. The van der Waals surface area contributed by atoms with Crippen molar-refractivity contribution in [2.45, 2.75) is 33.2 Å². The number of rotatable bonds is 9. The zero-order valence-corrected chi connectivity index (χ0v) is 12.8. The van der Waals surface area contributed by atoms with Crippen LogP contribution in [-0.4, -0.2) is 32.7 Å². The standard InChI is InChI=1S/C16H26N2O2/c1-4-18(5-2)15-10-8-14(9-11-15)13-17-12-6-7-16(19)20-3/h8-11,17H,4-7,12-13H2,1-3H3. The van der Waals surface area contributed by atoms with E-state index < -0.39 is 0 Å². The van der Waals surface area contributed by atoms with E-state index >= 15 is 0 Å². The zero-order valence-electron chi connectivity index (χ0n) is 12.8. The Hall–Kier alpha value is -1.55. The van der Waals surface area contributed by atoms with Gasteiger partial charge in [0, 0.05) is 31.7 Å². The normalized spacial score (nSPS) is 10.3. The Morgan fingerprint density at radius 3 is 2.40 bits per heavy atom. The second kappa shape index (κ2) is 9.37. The lowest BCUT2D eigenvalue weighted by Crippen LogP contribution is -2.21. The molecule has 0 aromatic heterocycles. The van der Waals surface area contributed by atoms with E-state index in [1.54, 1.807) is 0 Å². The first-order chi connectivity index (χ1) is 9.71.